The second kappa shape index (κ2) is 7.40. The van der Waals surface area contributed by atoms with Crippen LogP contribution in [0.5, 0.6) is 0 Å². The number of aromatic nitrogens is 1. The minimum atomic E-state index is -3.90. The highest BCUT2D eigenvalue weighted by Gasteiger charge is 2.51. The van der Waals surface area contributed by atoms with Crippen molar-refractivity contribution in [3.63, 3.8) is 0 Å². The van der Waals surface area contributed by atoms with E-state index in [1.165, 1.54) is 8.87 Å². The summed E-state index contributed by atoms with van der Waals surface area (Å²) in [7, 11) is -3.90. The lowest BCUT2D eigenvalue weighted by atomic mass is 9.79. The summed E-state index contributed by atoms with van der Waals surface area (Å²) in [6.07, 6.45) is 0.540. The zero-order chi connectivity index (χ0) is 23.6. The highest BCUT2D eigenvalue weighted by atomic mass is 32.2. The van der Waals surface area contributed by atoms with Crippen LogP contribution in [0.2, 0.25) is 0 Å². The van der Waals surface area contributed by atoms with Gasteiger partial charge in [-0.15, -0.1) is 0 Å². The molecule has 1 aromatic heterocycles. The summed E-state index contributed by atoms with van der Waals surface area (Å²) in [4.78, 5) is 28.2. The average Bonchev–Trinajstić information content (AvgIpc) is 3.30. The van der Waals surface area contributed by atoms with Crippen molar-refractivity contribution in [3.8, 4) is 0 Å². The van der Waals surface area contributed by atoms with Gasteiger partial charge in [-0.05, 0) is 49.2 Å². The fourth-order valence-electron chi connectivity index (χ4n) is 5.36. The zero-order valence-electron chi connectivity index (χ0n) is 18.5. The third-order valence-corrected chi connectivity index (χ3v) is 8.78. The van der Waals surface area contributed by atoms with Crippen molar-refractivity contribution in [1.29, 1.82) is 0 Å². The molecule has 0 radical (unpaired) electrons. The molecule has 2 aliphatic rings. The first-order valence-electron chi connectivity index (χ1n) is 11.2. The minimum absolute atomic E-state index is 0.198. The maximum absolute atomic E-state index is 13.8. The van der Waals surface area contributed by atoms with E-state index in [0.717, 1.165) is 16.5 Å². The van der Waals surface area contributed by atoms with E-state index >= 15 is 0 Å². The number of rotatable bonds is 3. The molecule has 6 rings (SSSR count). The number of nitrogens with zero attached hydrogens (tertiary/aromatic N) is 2. The van der Waals surface area contributed by atoms with Crippen molar-refractivity contribution >= 4 is 38.4 Å². The van der Waals surface area contributed by atoms with Crippen LogP contribution in [0.4, 0.5) is 5.69 Å². The summed E-state index contributed by atoms with van der Waals surface area (Å²) in [6.45, 7) is 1.91. The number of para-hydroxylation sites is 2. The van der Waals surface area contributed by atoms with Crippen LogP contribution in [-0.2, 0) is 32.5 Å². The Labute approximate surface area is 197 Å². The first-order chi connectivity index (χ1) is 16.4. The lowest BCUT2D eigenvalue weighted by Gasteiger charge is -2.23. The molecule has 0 bridgehead atoms. The van der Waals surface area contributed by atoms with Crippen LogP contribution in [0.25, 0.3) is 10.9 Å². The monoisotopic (exact) mass is 470 g/mol. The molecule has 1 aliphatic carbocycles. The van der Waals surface area contributed by atoms with Crippen LogP contribution >= 0.6 is 0 Å². The molecule has 0 spiro atoms. The zero-order valence-corrected chi connectivity index (χ0v) is 19.3. The molecule has 1 fully saturated rings. The molecule has 6 nitrogen and oxygen atoms in total. The summed E-state index contributed by atoms with van der Waals surface area (Å²) in [5.74, 6) is -1.57. The van der Waals surface area contributed by atoms with E-state index in [-0.39, 0.29) is 23.1 Å². The van der Waals surface area contributed by atoms with Gasteiger partial charge in [-0.3, -0.25) is 14.5 Å². The number of aryl methyl sites for hydroxylation is 1. The molecule has 170 valence electrons. The first kappa shape index (κ1) is 20.9. The SMILES string of the molecule is Cc1ccc(S(=O)(=O)n2c3c(c4ccccc42)CC2C(=O)N(c4ccccc4)C(=O)C2C3)cc1. The molecule has 3 aromatic carbocycles. The molecule has 7 heteroatoms. The normalized spacial score (nSPS) is 20.0. The van der Waals surface area contributed by atoms with Crippen LogP contribution in [0.1, 0.15) is 16.8 Å². The maximum atomic E-state index is 13.8. The molecular formula is C27H22N2O4S. The van der Waals surface area contributed by atoms with Crippen LogP contribution < -0.4 is 4.90 Å². The van der Waals surface area contributed by atoms with Gasteiger partial charge in [0.2, 0.25) is 11.8 Å². The Morgan fingerprint density at radius 1 is 0.765 bits per heavy atom. The predicted molar refractivity (Wildman–Crippen MR) is 129 cm³/mol. The van der Waals surface area contributed by atoms with Crippen molar-refractivity contribution in [1.82, 2.24) is 3.97 Å². The van der Waals surface area contributed by atoms with Gasteiger partial charge in [0.05, 0.1) is 27.9 Å². The lowest BCUT2D eigenvalue weighted by Crippen LogP contribution is -2.31. The van der Waals surface area contributed by atoms with E-state index in [4.69, 9.17) is 0 Å². The van der Waals surface area contributed by atoms with Gasteiger partial charge in [-0.2, -0.15) is 0 Å². The highest BCUT2D eigenvalue weighted by molar-refractivity contribution is 7.90. The first-order valence-corrected chi connectivity index (χ1v) is 12.7. The van der Waals surface area contributed by atoms with E-state index in [1.54, 1.807) is 54.6 Å². The molecular weight excluding hydrogens is 448 g/mol. The van der Waals surface area contributed by atoms with Crippen LogP contribution in [-0.4, -0.2) is 24.2 Å². The van der Waals surface area contributed by atoms with Crippen molar-refractivity contribution in [3.05, 3.63) is 95.7 Å². The number of imide groups is 1. The summed E-state index contributed by atoms with van der Waals surface area (Å²) in [5.41, 5.74) is 3.53. The fourth-order valence-corrected chi connectivity index (χ4v) is 6.94. The summed E-state index contributed by atoms with van der Waals surface area (Å²) >= 11 is 0. The predicted octanol–water partition coefficient (Wildman–Crippen LogP) is 4.09. The van der Waals surface area contributed by atoms with Crippen LogP contribution in [0.3, 0.4) is 0 Å². The molecule has 4 aromatic rings. The molecule has 0 saturated carbocycles. The van der Waals surface area contributed by atoms with Crippen molar-refractivity contribution in [2.75, 3.05) is 4.90 Å². The second-order valence-electron chi connectivity index (χ2n) is 8.99. The largest absolute Gasteiger partial charge is 0.274 e. The Bertz CT molecular complexity index is 1570. The number of anilines is 1. The van der Waals surface area contributed by atoms with Gasteiger partial charge in [0.25, 0.3) is 10.0 Å². The second-order valence-corrected chi connectivity index (χ2v) is 10.8. The molecule has 1 aliphatic heterocycles. The molecule has 2 heterocycles. The number of amides is 2. The van der Waals surface area contributed by atoms with Gasteiger partial charge in [0, 0.05) is 17.5 Å². The van der Waals surface area contributed by atoms with E-state index in [2.05, 4.69) is 0 Å². The summed E-state index contributed by atoms with van der Waals surface area (Å²) in [6, 6.07) is 23.1. The molecule has 1 saturated heterocycles. The van der Waals surface area contributed by atoms with Crippen molar-refractivity contribution in [2.45, 2.75) is 24.7 Å². The summed E-state index contributed by atoms with van der Waals surface area (Å²) in [5, 5.41) is 0.810. The Morgan fingerprint density at radius 2 is 1.38 bits per heavy atom. The Balaban J connectivity index is 1.51. The van der Waals surface area contributed by atoms with Gasteiger partial charge in [-0.25, -0.2) is 12.4 Å². The topological polar surface area (TPSA) is 76.5 Å². The molecule has 0 N–H and O–H groups in total. The quantitative estimate of drug-likeness (QED) is 0.423. The van der Waals surface area contributed by atoms with E-state index < -0.39 is 21.9 Å². The lowest BCUT2D eigenvalue weighted by molar-refractivity contribution is -0.122. The summed E-state index contributed by atoms with van der Waals surface area (Å²) < 4.78 is 29.0. The molecule has 2 amide bonds. The number of benzene rings is 3. The van der Waals surface area contributed by atoms with Crippen LogP contribution in [0.15, 0.2) is 83.8 Å². The van der Waals surface area contributed by atoms with Gasteiger partial charge in [-0.1, -0.05) is 54.1 Å². The Kier molecular flexibility index (Phi) is 4.54. The Morgan fingerprint density at radius 3 is 2.09 bits per heavy atom. The molecule has 34 heavy (non-hydrogen) atoms. The van der Waals surface area contributed by atoms with Gasteiger partial charge < -0.3 is 0 Å². The third-order valence-electron chi connectivity index (χ3n) is 7.01. The van der Waals surface area contributed by atoms with Crippen molar-refractivity contribution in [2.24, 2.45) is 11.8 Å². The smallest absolute Gasteiger partial charge is 0.268 e. The Hall–Kier alpha value is -3.71. The van der Waals surface area contributed by atoms with E-state index in [1.807, 2.05) is 31.2 Å². The van der Waals surface area contributed by atoms with E-state index in [9.17, 15) is 18.0 Å². The maximum Gasteiger partial charge on any atom is 0.268 e. The average molecular weight is 471 g/mol. The molecule has 2 atom stereocenters. The van der Waals surface area contributed by atoms with Gasteiger partial charge in [0.15, 0.2) is 0 Å². The fraction of sp³-hybridized carbons (Fsp3) is 0.185. The van der Waals surface area contributed by atoms with Gasteiger partial charge >= 0.3 is 0 Å². The molecule has 2 unspecified atom stereocenters. The van der Waals surface area contributed by atoms with Crippen LogP contribution in [0, 0.1) is 18.8 Å². The number of fused-ring (bicyclic) bond motifs is 4. The standard InChI is InChI=1S/C27H22N2O4S/c1-17-11-13-19(14-12-17)34(32,33)29-24-10-6-5-9-20(24)21-15-22-23(16-25(21)29)27(31)28(26(22)30)18-7-3-2-4-8-18/h2-14,22-23H,15-16H2,1H3. The van der Waals surface area contributed by atoms with E-state index in [0.29, 0.717) is 23.3 Å². The van der Waals surface area contributed by atoms with Gasteiger partial charge in [0.1, 0.15) is 0 Å². The minimum Gasteiger partial charge on any atom is -0.274 e. The number of carbonyl (C=O) groups excluding carboxylic acids is 2. The third kappa shape index (κ3) is 2.90. The highest BCUT2D eigenvalue weighted by Crippen LogP contribution is 2.43. The number of hydrogen-bond donors (Lipinski definition) is 0. The van der Waals surface area contributed by atoms with Crippen molar-refractivity contribution < 1.29 is 18.0 Å². The number of hydrogen-bond acceptors (Lipinski definition) is 4. The number of carbonyl (C=O) groups is 2.